The number of hydrogen-bond acceptors (Lipinski definition) is 6. The maximum Gasteiger partial charge on any atom is 0.249 e. The summed E-state index contributed by atoms with van der Waals surface area (Å²) in [6, 6.07) is 12.2. The average Bonchev–Trinajstić information content (AvgIpc) is 3.21. The van der Waals surface area contributed by atoms with E-state index in [4.69, 9.17) is 10.7 Å². The molecule has 8 heteroatoms. The van der Waals surface area contributed by atoms with Gasteiger partial charge in [0.25, 0.3) is 0 Å². The van der Waals surface area contributed by atoms with Crippen molar-refractivity contribution in [1.29, 1.82) is 0 Å². The smallest absolute Gasteiger partial charge is 0.249 e. The molecule has 168 valence electrons. The topological polar surface area (TPSA) is 83.0 Å². The Bertz CT molecular complexity index is 1350. The summed E-state index contributed by atoms with van der Waals surface area (Å²) >= 11 is 0. The summed E-state index contributed by atoms with van der Waals surface area (Å²) in [7, 11) is 2.19. The molecule has 2 aromatic heterocycles. The summed E-state index contributed by atoms with van der Waals surface area (Å²) in [5, 5.41) is 6.40. The standard InChI is InChI=1S/C25H27N7O/c1-29-8-10-30(11-9-29)18-14-31(15-18)17-12-27-25-23(13-28-32(25)16-17)21-6-2-5-20-19(21)4-3-7-22(20)24(26)33/h2-7,12-13,16,18H,8-11,14-15H2,1H3,(H2,26,33). The van der Waals surface area contributed by atoms with Crippen molar-refractivity contribution in [3.63, 3.8) is 0 Å². The fourth-order valence-corrected chi connectivity index (χ4v) is 5.06. The van der Waals surface area contributed by atoms with Crippen LogP contribution < -0.4 is 10.6 Å². The molecule has 0 aliphatic carbocycles. The van der Waals surface area contributed by atoms with Gasteiger partial charge in [-0.2, -0.15) is 5.10 Å². The first kappa shape index (κ1) is 20.1. The van der Waals surface area contributed by atoms with Gasteiger partial charge in [0.2, 0.25) is 5.91 Å². The number of carbonyl (C=O) groups excluding carboxylic acids is 1. The molecule has 2 aliphatic rings. The number of amides is 1. The third-order valence-corrected chi connectivity index (χ3v) is 7.10. The van der Waals surface area contributed by atoms with Crippen LogP contribution >= 0.6 is 0 Å². The van der Waals surface area contributed by atoms with Gasteiger partial charge < -0.3 is 15.5 Å². The molecule has 2 saturated heterocycles. The van der Waals surface area contributed by atoms with Crippen LogP contribution in [0.3, 0.4) is 0 Å². The molecule has 6 rings (SSSR count). The van der Waals surface area contributed by atoms with Crippen LogP contribution in [0.15, 0.2) is 55.0 Å². The molecule has 2 aliphatic heterocycles. The number of aromatic nitrogens is 3. The Morgan fingerprint density at radius 3 is 2.52 bits per heavy atom. The van der Waals surface area contributed by atoms with Crippen molar-refractivity contribution in [3.8, 4) is 11.1 Å². The lowest BCUT2D eigenvalue weighted by atomic mass is 9.97. The number of nitrogens with two attached hydrogens (primary N) is 1. The molecule has 0 saturated carbocycles. The molecule has 0 radical (unpaired) electrons. The number of carbonyl (C=O) groups is 1. The molecule has 0 spiro atoms. The van der Waals surface area contributed by atoms with Gasteiger partial charge in [0, 0.05) is 56.4 Å². The van der Waals surface area contributed by atoms with Crippen LogP contribution in [0.5, 0.6) is 0 Å². The Balaban J connectivity index is 1.28. The van der Waals surface area contributed by atoms with Crippen LogP contribution in [-0.4, -0.2) is 82.7 Å². The van der Waals surface area contributed by atoms with Crippen LogP contribution in [-0.2, 0) is 0 Å². The number of rotatable bonds is 4. The van der Waals surface area contributed by atoms with E-state index in [9.17, 15) is 4.79 Å². The monoisotopic (exact) mass is 441 g/mol. The predicted octanol–water partition coefficient (Wildman–Crippen LogP) is 2.08. The zero-order chi connectivity index (χ0) is 22.5. The minimum absolute atomic E-state index is 0.426. The third-order valence-electron chi connectivity index (χ3n) is 7.10. The van der Waals surface area contributed by atoms with E-state index >= 15 is 0 Å². The maximum atomic E-state index is 11.9. The highest BCUT2D eigenvalue weighted by molar-refractivity contribution is 6.10. The molecule has 1 amide bonds. The molecular formula is C25H27N7O. The molecule has 2 aromatic carbocycles. The number of primary amides is 1. The molecule has 33 heavy (non-hydrogen) atoms. The van der Waals surface area contributed by atoms with Crippen LogP contribution in [0.4, 0.5) is 5.69 Å². The highest BCUT2D eigenvalue weighted by Crippen LogP contribution is 2.33. The lowest BCUT2D eigenvalue weighted by Gasteiger charge is -2.48. The van der Waals surface area contributed by atoms with Crippen molar-refractivity contribution in [2.45, 2.75) is 6.04 Å². The number of fused-ring (bicyclic) bond motifs is 2. The van der Waals surface area contributed by atoms with E-state index in [1.54, 1.807) is 6.07 Å². The number of likely N-dealkylation sites (N-methyl/N-ethyl adjacent to an activating group) is 1. The maximum absolute atomic E-state index is 11.9. The van der Waals surface area contributed by atoms with Gasteiger partial charge >= 0.3 is 0 Å². The third kappa shape index (κ3) is 3.42. The Morgan fingerprint density at radius 1 is 0.970 bits per heavy atom. The van der Waals surface area contributed by atoms with Crippen molar-refractivity contribution in [2.75, 3.05) is 51.2 Å². The van der Waals surface area contributed by atoms with Gasteiger partial charge in [0.05, 0.1) is 24.3 Å². The first-order valence-corrected chi connectivity index (χ1v) is 11.4. The molecule has 4 heterocycles. The number of hydrogen-bond donors (Lipinski definition) is 1. The summed E-state index contributed by atoms with van der Waals surface area (Å²) in [6.07, 6.45) is 5.85. The Labute approximate surface area is 192 Å². The minimum Gasteiger partial charge on any atom is -0.366 e. The summed E-state index contributed by atoms with van der Waals surface area (Å²) in [6.45, 7) is 6.66. The second-order valence-corrected chi connectivity index (χ2v) is 9.11. The molecule has 2 N–H and O–H groups in total. The fourth-order valence-electron chi connectivity index (χ4n) is 5.06. The molecule has 0 atom stereocenters. The fraction of sp³-hybridized carbons (Fsp3) is 0.320. The van der Waals surface area contributed by atoms with E-state index in [1.165, 1.54) is 0 Å². The van der Waals surface area contributed by atoms with Crippen molar-refractivity contribution >= 4 is 28.0 Å². The van der Waals surface area contributed by atoms with Crippen molar-refractivity contribution in [1.82, 2.24) is 24.4 Å². The van der Waals surface area contributed by atoms with Gasteiger partial charge in [0.15, 0.2) is 5.65 Å². The van der Waals surface area contributed by atoms with Gasteiger partial charge in [-0.3, -0.25) is 9.69 Å². The average molecular weight is 442 g/mol. The van der Waals surface area contributed by atoms with Crippen LogP contribution in [0.25, 0.3) is 27.5 Å². The second kappa shape index (κ2) is 7.83. The largest absolute Gasteiger partial charge is 0.366 e. The van der Waals surface area contributed by atoms with Crippen molar-refractivity contribution in [2.24, 2.45) is 5.73 Å². The molecule has 4 aromatic rings. The van der Waals surface area contributed by atoms with Crippen LogP contribution in [0.2, 0.25) is 0 Å². The summed E-state index contributed by atoms with van der Waals surface area (Å²) < 4.78 is 1.85. The zero-order valence-electron chi connectivity index (χ0n) is 18.7. The van der Waals surface area contributed by atoms with Gasteiger partial charge in [-0.25, -0.2) is 9.50 Å². The Morgan fingerprint density at radius 2 is 1.73 bits per heavy atom. The molecule has 0 unspecified atom stereocenters. The lowest BCUT2D eigenvalue weighted by Crippen LogP contribution is -2.63. The Kier molecular flexibility index (Phi) is 4.78. The summed E-state index contributed by atoms with van der Waals surface area (Å²) in [5.41, 5.74) is 9.93. The molecule has 8 nitrogen and oxygen atoms in total. The molecule has 0 bridgehead atoms. The number of piperazine rings is 1. The van der Waals surface area contributed by atoms with E-state index in [1.807, 2.05) is 47.2 Å². The Hall–Kier alpha value is -3.49. The van der Waals surface area contributed by atoms with E-state index in [2.05, 4.69) is 33.0 Å². The van der Waals surface area contributed by atoms with Gasteiger partial charge in [0.1, 0.15) is 0 Å². The van der Waals surface area contributed by atoms with E-state index in [0.717, 1.165) is 72.5 Å². The van der Waals surface area contributed by atoms with E-state index in [-0.39, 0.29) is 0 Å². The summed E-state index contributed by atoms with van der Waals surface area (Å²) in [5.74, 6) is -0.426. The molecule has 2 fully saturated rings. The van der Waals surface area contributed by atoms with E-state index < -0.39 is 5.91 Å². The molecular weight excluding hydrogens is 414 g/mol. The SMILES string of the molecule is CN1CCN(C2CN(c3cnc4c(-c5cccc6c(C(N)=O)cccc56)cnn4c3)C2)CC1. The normalized spacial score (nSPS) is 18.2. The first-order chi connectivity index (χ1) is 16.1. The quantitative estimate of drug-likeness (QED) is 0.522. The van der Waals surface area contributed by atoms with Crippen LogP contribution in [0, 0.1) is 0 Å². The lowest BCUT2D eigenvalue weighted by molar-refractivity contribution is 0.0963. The predicted molar refractivity (Wildman–Crippen MR) is 130 cm³/mol. The van der Waals surface area contributed by atoms with E-state index in [0.29, 0.717) is 11.6 Å². The number of anilines is 1. The first-order valence-electron chi connectivity index (χ1n) is 11.4. The minimum atomic E-state index is -0.426. The van der Waals surface area contributed by atoms with Gasteiger partial charge in [-0.1, -0.05) is 30.3 Å². The zero-order valence-corrected chi connectivity index (χ0v) is 18.7. The second-order valence-electron chi connectivity index (χ2n) is 9.11. The van der Waals surface area contributed by atoms with Gasteiger partial charge in [-0.05, 0) is 29.4 Å². The van der Waals surface area contributed by atoms with Crippen molar-refractivity contribution < 1.29 is 4.79 Å². The van der Waals surface area contributed by atoms with Gasteiger partial charge in [-0.15, -0.1) is 0 Å². The number of nitrogens with zero attached hydrogens (tertiary/aromatic N) is 6. The van der Waals surface area contributed by atoms with Crippen LogP contribution in [0.1, 0.15) is 10.4 Å². The van der Waals surface area contributed by atoms with Crippen molar-refractivity contribution in [3.05, 3.63) is 60.6 Å². The summed E-state index contributed by atoms with van der Waals surface area (Å²) in [4.78, 5) is 24.0. The number of benzene rings is 2. The highest BCUT2D eigenvalue weighted by Gasteiger charge is 2.33. The highest BCUT2D eigenvalue weighted by atomic mass is 16.1.